The topological polar surface area (TPSA) is 20.2 Å². The van der Waals surface area contributed by atoms with E-state index in [0.29, 0.717) is 0 Å². The van der Waals surface area contributed by atoms with Crippen molar-refractivity contribution >= 4 is 0 Å². The summed E-state index contributed by atoms with van der Waals surface area (Å²) in [6, 6.07) is 6.23. The van der Waals surface area contributed by atoms with Gasteiger partial charge in [-0.05, 0) is 98.5 Å². The number of hydrogen-bond acceptors (Lipinski definition) is 1. The summed E-state index contributed by atoms with van der Waals surface area (Å²) >= 11 is 0. The van der Waals surface area contributed by atoms with Crippen molar-refractivity contribution in [3.63, 3.8) is 0 Å². The van der Waals surface area contributed by atoms with Gasteiger partial charge >= 0.3 is 0 Å². The maximum Gasteiger partial charge on any atom is 0.105 e. The van der Waals surface area contributed by atoms with Crippen molar-refractivity contribution < 1.29 is 5.11 Å². The van der Waals surface area contributed by atoms with E-state index in [-0.39, 0.29) is 0 Å². The van der Waals surface area contributed by atoms with E-state index in [2.05, 4.69) is 60.6 Å². The molecule has 1 nitrogen and oxygen atoms in total. The molecule has 0 spiro atoms. The van der Waals surface area contributed by atoms with Crippen molar-refractivity contribution in [1.82, 2.24) is 0 Å². The summed E-state index contributed by atoms with van der Waals surface area (Å²) in [6.45, 7) is 14.9. The van der Waals surface area contributed by atoms with E-state index in [1.807, 2.05) is 6.07 Å². The van der Waals surface area contributed by atoms with E-state index in [1.54, 1.807) is 0 Å². The first-order valence-corrected chi connectivity index (χ1v) is 7.57. The highest BCUT2D eigenvalue weighted by Crippen LogP contribution is 2.34. The molecule has 0 amide bonds. The molecule has 2 aromatic carbocycles. The summed E-state index contributed by atoms with van der Waals surface area (Å²) in [4.78, 5) is 0. The van der Waals surface area contributed by atoms with Crippen LogP contribution < -0.4 is 0 Å². The lowest BCUT2D eigenvalue weighted by Crippen LogP contribution is -2.09. The molecule has 0 bridgehead atoms. The predicted molar refractivity (Wildman–Crippen MR) is 90.1 cm³/mol. The molecule has 0 heterocycles. The average Bonchev–Trinajstić information content (AvgIpc) is 2.46. The minimum absolute atomic E-state index is 0.553. The van der Waals surface area contributed by atoms with E-state index in [4.69, 9.17) is 0 Å². The molecule has 0 saturated heterocycles. The molecule has 0 aliphatic rings. The third kappa shape index (κ3) is 2.63. The molecule has 0 saturated carbocycles. The maximum absolute atomic E-state index is 10.9. The Bertz CT molecular complexity index is 666. The van der Waals surface area contributed by atoms with Crippen LogP contribution in [0.15, 0.2) is 18.2 Å². The highest BCUT2D eigenvalue weighted by Gasteiger charge is 2.20. The van der Waals surface area contributed by atoms with Gasteiger partial charge in [-0.1, -0.05) is 18.2 Å². The summed E-state index contributed by atoms with van der Waals surface area (Å²) in [7, 11) is 0. The molecule has 2 rings (SSSR count). The van der Waals surface area contributed by atoms with Crippen LogP contribution in [0, 0.1) is 48.5 Å². The molecular formula is C20H26O. The third-order valence-corrected chi connectivity index (χ3v) is 5.18. The monoisotopic (exact) mass is 282 g/mol. The Kier molecular flexibility index (Phi) is 4.25. The van der Waals surface area contributed by atoms with Gasteiger partial charge in [-0.2, -0.15) is 0 Å². The highest BCUT2D eigenvalue weighted by atomic mass is 16.3. The van der Waals surface area contributed by atoms with Gasteiger partial charge in [0, 0.05) is 0 Å². The van der Waals surface area contributed by atoms with Gasteiger partial charge in [-0.25, -0.2) is 0 Å². The molecule has 1 N–H and O–H groups in total. The van der Waals surface area contributed by atoms with Gasteiger partial charge in [0.25, 0.3) is 0 Å². The molecule has 1 atom stereocenters. The number of aliphatic hydroxyl groups excluding tert-OH is 1. The number of aryl methyl sites for hydroxylation is 2. The lowest BCUT2D eigenvalue weighted by atomic mass is 9.85. The van der Waals surface area contributed by atoms with Gasteiger partial charge in [0.05, 0.1) is 0 Å². The van der Waals surface area contributed by atoms with E-state index in [0.717, 1.165) is 11.1 Å². The molecule has 1 unspecified atom stereocenters. The Hall–Kier alpha value is -1.60. The van der Waals surface area contributed by atoms with Gasteiger partial charge in [0.2, 0.25) is 0 Å². The number of benzene rings is 2. The normalized spacial score (nSPS) is 12.6. The van der Waals surface area contributed by atoms with Crippen LogP contribution >= 0.6 is 0 Å². The first-order valence-electron chi connectivity index (χ1n) is 7.57. The van der Waals surface area contributed by atoms with Crippen LogP contribution in [-0.4, -0.2) is 5.11 Å². The van der Waals surface area contributed by atoms with Crippen LogP contribution in [0.4, 0.5) is 0 Å². The second-order valence-corrected chi connectivity index (χ2v) is 6.28. The molecule has 0 radical (unpaired) electrons. The first kappa shape index (κ1) is 15.8. The van der Waals surface area contributed by atoms with Crippen LogP contribution in [0.2, 0.25) is 0 Å². The molecule has 0 fully saturated rings. The summed E-state index contributed by atoms with van der Waals surface area (Å²) in [5.74, 6) is 0. The molecule has 1 heteroatoms. The van der Waals surface area contributed by atoms with Gasteiger partial charge in [0.1, 0.15) is 6.10 Å². The van der Waals surface area contributed by atoms with Crippen molar-refractivity contribution in [3.8, 4) is 0 Å². The van der Waals surface area contributed by atoms with E-state index >= 15 is 0 Å². The largest absolute Gasteiger partial charge is 0.384 e. The van der Waals surface area contributed by atoms with Crippen LogP contribution in [0.3, 0.4) is 0 Å². The predicted octanol–water partition coefficient (Wildman–Crippen LogP) is 4.93. The minimum Gasteiger partial charge on any atom is -0.384 e. The van der Waals surface area contributed by atoms with Gasteiger partial charge in [-0.3, -0.25) is 0 Å². The fourth-order valence-electron chi connectivity index (χ4n) is 3.04. The van der Waals surface area contributed by atoms with E-state index in [9.17, 15) is 5.11 Å². The van der Waals surface area contributed by atoms with Gasteiger partial charge in [-0.15, -0.1) is 0 Å². The molecule has 112 valence electrons. The second-order valence-electron chi connectivity index (χ2n) is 6.28. The van der Waals surface area contributed by atoms with E-state index < -0.39 is 6.10 Å². The zero-order chi connectivity index (χ0) is 15.9. The SMILES string of the molecule is Cc1ccc(C(O)c2c(C)c(C)c(C)c(C)c2C)cc1C. The van der Waals surface area contributed by atoms with Crippen LogP contribution in [0.25, 0.3) is 0 Å². The Morgan fingerprint density at radius 1 is 0.667 bits per heavy atom. The second kappa shape index (κ2) is 5.65. The zero-order valence-electron chi connectivity index (χ0n) is 14.3. The fraction of sp³-hybridized carbons (Fsp3) is 0.400. The Morgan fingerprint density at radius 2 is 1.14 bits per heavy atom. The Morgan fingerprint density at radius 3 is 1.62 bits per heavy atom. The van der Waals surface area contributed by atoms with Gasteiger partial charge < -0.3 is 5.11 Å². The minimum atomic E-state index is -0.553. The molecular weight excluding hydrogens is 256 g/mol. The average molecular weight is 282 g/mol. The fourth-order valence-corrected chi connectivity index (χ4v) is 3.04. The lowest BCUT2D eigenvalue weighted by molar-refractivity contribution is 0.218. The molecule has 2 aromatic rings. The maximum atomic E-state index is 10.9. The standard InChI is InChI=1S/C20H26O/c1-11-8-9-18(10-12(11)2)20(21)19-16(6)14(4)13(3)15(5)17(19)7/h8-10,20-21H,1-7H3. The van der Waals surface area contributed by atoms with Crippen molar-refractivity contribution in [3.05, 3.63) is 68.3 Å². The molecule has 0 aliphatic carbocycles. The van der Waals surface area contributed by atoms with Crippen molar-refractivity contribution in [1.29, 1.82) is 0 Å². The van der Waals surface area contributed by atoms with Crippen molar-refractivity contribution in [2.75, 3.05) is 0 Å². The van der Waals surface area contributed by atoms with Crippen LogP contribution in [0.1, 0.15) is 56.2 Å². The quantitative estimate of drug-likeness (QED) is 0.828. The van der Waals surface area contributed by atoms with Crippen LogP contribution in [0.5, 0.6) is 0 Å². The molecule has 0 aromatic heterocycles. The zero-order valence-corrected chi connectivity index (χ0v) is 14.3. The molecule has 0 aliphatic heterocycles. The smallest absolute Gasteiger partial charge is 0.105 e. The Balaban J connectivity index is 2.63. The summed E-state index contributed by atoms with van der Waals surface area (Å²) < 4.78 is 0. The Labute approximate surface area is 128 Å². The van der Waals surface area contributed by atoms with Crippen LogP contribution in [-0.2, 0) is 0 Å². The number of hydrogen-bond donors (Lipinski definition) is 1. The van der Waals surface area contributed by atoms with E-state index in [1.165, 1.54) is 38.9 Å². The highest BCUT2D eigenvalue weighted by molar-refractivity contribution is 5.52. The third-order valence-electron chi connectivity index (χ3n) is 5.18. The summed E-state index contributed by atoms with van der Waals surface area (Å²) in [5.41, 5.74) is 10.9. The molecule has 21 heavy (non-hydrogen) atoms. The van der Waals surface area contributed by atoms with Crippen molar-refractivity contribution in [2.45, 2.75) is 54.6 Å². The summed E-state index contributed by atoms with van der Waals surface area (Å²) in [6.07, 6.45) is -0.553. The summed E-state index contributed by atoms with van der Waals surface area (Å²) in [5, 5.41) is 10.9. The number of aliphatic hydroxyl groups is 1. The number of rotatable bonds is 2. The lowest BCUT2D eigenvalue weighted by Gasteiger charge is -2.23. The first-order chi connectivity index (χ1) is 9.75. The van der Waals surface area contributed by atoms with Crippen molar-refractivity contribution in [2.24, 2.45) is 0 Å². The van der Waals surface area contributed by atoms with Gasteiger partial charge in [0.15, 0.2) is 0 Å².